The van der Waals surface area contributed by atoms with Crippen LogP contribution in [-0.2, 0) is 6.42 Å². The van der Waals surface area contributed by atoms with Gasteiger partial charge in [-0.3, -0.25) is 4.98 Å². The minimum absolute atomic E-state index is 1.05. The van der Waals surface area contributed by atoms with E-state index in [1.807, 2.05) is 18.3 Å². The Balaban J connectivity index is 1.77. The molecule has 0 fully saturated rings. The monoisotopic (exact) mass is 266 g/mol. The zero-order valence-corrected chi connectivity index (χ0v) is 12.4. The zero-order chi connectivity index (χ0) is 14.0. The predicted molar refractivity (Wildman–Crippen MR) is 85.6 cm³/mol. The van der Waals surface area contributed by atoms with Gasteiger partial charge in [0.2, 0.25) is 0 Å². The van der Waals surface area contributed by atoms with Gasteiger partial charge in [-0.25, -0.2) is 0 Å². The summed E-state index contributed by atoms with van der Waals surface area (Å²) in [7, 11) is 0. The Hall–Kier alpha value is -1.63. The number of benzene rings is 1. The highest BCUT2D eigenvalue weighted by Crippen LogP contribution is 2.17. The second kappa shape index (κ2) is 8.52. The maximum absolute atomic E-state index is 4.56. The quantitative estimate of drug-likeness (QED) is 0.579. The lowest BCUT2D eigenvalue weighted by molar-refractivity contribution is 0.607. The molecule has 1 heteroatoms. The summed E-state index contributed by atoms with van der Waals surface area (Å²) in [4.78, 5) is 4.56. The lowest BCUT2D eigenvalue weighted by Gasteiger charge is -2.04. The molecule has 0 aliphatic rings. The molecule has 0 bridgehead atoms. The number of unbranched alkanes of at least 4 members (excludes halogenated alkanes) is 5. The van der Waals surface area contributed by atoms with Crippen molar-refractivity contribution in [3.63, 3.8) is 0 Å². The molecule has 0 saturated carbocycles. The highest BCUT2D eigenvalue weighted by molar-refractivity contribution is 5.58. The summed E-state index contributed by atoms with van der Waals surface area (Å²) in [5.41, 5.74) is 3.56. The molecule has 20 heavy (non-hydrogen) atoms. The maximum atomic E-state index is 4.56. The highest BCUT2D eigenvalue weighted by Gasteiger charge is 1.99. The van der Waals surface area contributed by atoms with Gasteiger partial charge in [0.05, 0.1) is 5.69 Å². The van der Waals surface area contributed by atoms with Crippen molar-refractivity contribution in [3.05, 3.63) is 54.2 Å². The minimum atomic E-state index is 1.05. The van der Waals surface area contributed by atoms with Crippen LogP contribution in [0.3, 0.4) is 0 Å². The first-order valence-corrected chi connectivity index (χ1v) is 7.81. The van der Waals surface area contributed by atoms with Gasteiger partial charge in [-0.05, 0) is 30.5 Å². The van der Waals surface area contributed by atoms with Crippen molar-refractivity contribution in [2.75, 3.05) is 0 Å². The van der Waals surface area contributed by atoms with Crippen LogP contribution < -0.4 is 0 Å². The Morgan fingerprint density at radius 2 is 1.65 bits per heavy atom. The SMILES string of the molecule is CCCCCCCCc1ccc(-c2cc[c]cc2)nc1. The second-order valence-corrected chi connectivity index (χ2v) is 5.36. The fourth-order valence-electron chi connectivity index (χ4n) is 2.41. The van der Waals surface area contributed by atoms with Crippen LogP contribution in [0.2, 0.25) is 0 Å². The molecule has 1 aromatic carbocycles. The molecule has 0 atom stereocenters. The van der Waals surface area contributed by atoms with E-state index in [1.165, 1.54) is 44.1 Å². The molecular weight excluding hydrogens is 242 g/mol. The molecular formula is C19H24N. The van der Waals surface area contributed by atoms with E-state index in [1.54, 1.807) is 0 Å². The molecule has 1 aromatic heterocycles. The van der Waals surface area contributed by atoms with E-state index in [4.69, 9.17) is 0 Å². The largest absolute Gasteiger partial charge is 0.256 e. The fraction of sp³-hybridized carbons (Fsp3) is 0.421. The second-order valence-electron chi connectivity index (χ2n) is 5.36. The number of hydrogen-bond acceptors (Lipinski definition) is 1. The van der Waals surface area contributed by atoms with Gasteiger partial charge in [-0.15, -0.1) is 0 Å². The first-order chi connectivity index (χ1) is 9.90. The molecule has 105 valence electrons. The molecule has 1 heterocycles. The smallest absolute Gasteiger partial charge is 0.0702 e. The maximum Gasteiger partial charge on any atom is 0.0702 e. The number of hydrogen-bond donors (Lipinski definition) is 0. The van der Waals surface area contributed by atoms with Gasteiger partial charge in [0.15, 0.2) is 0 Å². The molecule has 0 amide bonds. The van der Waals surface area contributed by atoms with Crippen molar-refractivity contribution in [2.24, 2.45) is 0 Å². The first kappa shape index (κ1) is 14.8. The van der Waals surface area contributed by atoms with E-state index < -0.39 is 0 Å². The Morgan fingerprint density at radius 1 is 0.900 bits per heavy atom. The van der Waals surface area contributed by atoms with Crippen LogP contribution in [0.1, 0.15) is 51.0 Å². The van der Waals surface area contributed by atoms with E-state index in [-0.39, 0.29) is 0 Å². The first-order valence-electron chi connectivity index (χ1n) is 7.81. The summed E-state index contributed by atoms with van der Waals surface area (Å²) in [5, 5.41) is 0. The Morgan fingerprint density at radius 3 is 2.35 bits per heavy atom. The van der Waals surface area contributed by atoms with Crippen LogP contribution in [0, 0.1) is 6.07 Å². The van der Waals surface area contributed by atoms with Crippen LogP contribution in [0.4, 0.5) is 0 Å². The molecule has 0 N–H and O–H groups in total. The number of rotatable bonds is 8. The highest BCUT2D eigenvalue weighted by atomic mass is 14.7. The summed E-state index contributed by atoms with van der Waals surface area (Å²) in [6.45, 7) is 2.26. The van der Waals surface area contributed by atoms with Crippen molar-refractivity contribution in [3.8, 4) is 11.3 Å². The standard InChI is InChI=1S/C19H24N/c1-2-3-4-5-6-8-11-17-14-15-19(20-16-17)18-12-9-7-10-13-18/h9-10,12-16H,2-6,8,11H2,1H3. The van der Waals surface area contributed by atoms with E-state index >= 15 is 0 Å². The number of aromatic nitrogens is 1. The average molecular weight is 266 g/mol. The van der Waals surface area contributed by atoms with Gasteiger partial charge in [0, 0.05) is 11.8 Å². The summed E-state index contributed by atoms with van der Waals surface area (Å²) in [5.74, 6) is 0. The van der Waals surface area contributed by atoms with E-state index in [0.717, 1.165) is 17.7 Å². The van der Waals surface area contributed by atoms with Crippen LogP contribution in [0.5, 0.6) is 0 Å². The Labute approximate surface area is 123 Å². The van der Waals surface area contributed by atoms with Gasteiger partial charge in [-0.1, -0.05) is 69.4 Å². The molecule has 2 aromatic rings. The lowest BCUT2D eigenvalue weighted by Crippen LogP contribution is -1.89. The molecule has 0 unspecified atom stereocenters. The van der Waals surface area contributed by atoms with E-state index in [0.29, 0.717) is 0 Å². The fourth-order valence-corrected chi connectivity index (χ4v) is 2.41. The summed E-state index contributed by atoms with van der Waals surface area (Å²) < 4.78 is 0. The van der Waals surface area contributed by atoms with E-state index in [9.17, 15) is 0 Å². The van der Waals surface area contributed by atoms with Gasteiger partial charge >= 0.3 is 0 Å². The third-order valence-corrected chi connectivity index (χ3v) is 3.66. The Kier molecular flexibility index (Phi) is 6.30. The molecule has 0 spiro atoms. The minimum Gasteiger partial charge on any atom is -0.256 e. The van der Waals surface area contributed by atoms with Crippen LogP contribution in [0.15, 0.2) is 42.6 Å². The molecule has 1 nitrogen and oxygen atoms in total. The molecule has 0 aliphatic heterocycles. The molecule has 2 rings (SSSR count). The number of nitrogens with zero attached hydrogens (tertiary/aromatic N) is 1. The van der Waals surface area contributed by atoms with Gasteiger partial charge < -0.3 is 0 Å². The molecule has 0 saturated heterocycles. The van der Waals surface area contributed by atoms with Gasteiger partial charge in [0.25, 0.3) is 0 Å². The van der Waals surface area contributed by atoms with Gasteiger partial charge in [-0.2, -0.15) is 0 Å². The zero-order valence-electron chi connectivity index (χ0n) is 12.4. The summed E-state index contributed by atoms with van der Waals surface area (Å²) in [6, 6.07) is 15.3. The van der Waals surface area contributed by atoms with Crippen molar-refractivity contribution in [1.82, 2.24) is 4.98 Å². The van der Waals surface area contributed by atoms with Crippen LogP contribution in [0.25, 0.3) is 11.3 Å². The van der Waals surface area contributed by atoms with E-state index in [2.05, 4.69) is 42.2 Å². The number of aryl methyl sites for hydroxylation is 1. The molecule has 1 radical (unpaired) electrons. The number of pyridine rings is 1. The normalized spacial score (nSPS) is 10.7. The Bertz CT molecular complexity index is 473. The predicted octanol–water partition coefficient (Wildman–Crippen LogP) is 5.45. The van der Waals surface area contributed by atoms with Crippen LogP contribution in [-0.4, -0.2) is 4.98 Å². The van der Waals surface area contributed by atoms with Crippen molar-refractivity contribution >= 4 is 0 Å². The summed E-state index contributed by atoms with van der Waals surface area (Å²) in [6.07, 6.45) is 11.3. The summed E-state index contributed by atoms with van der Waals surface area (Å²) >= 11 is 0. The van der Waals surface area contributed by atoms with Gasteiger partial charge in [0.1, 0.15) is 0 Å². The van der Waals surface area contributed by atoms with Crippen molar-refractivity contribution < 1.29 is 0 Å². The third-order valence-electron chi connectivity index (χ3n) is 3.66. The van der Waals surface area contributed by atoms with Crippen molar-refractivity contribution in [2.45, 2.75) is 51.9 Å². The third kappa shape index (κ3) is 4.80. The molecule has 0 aliphatic carbocycles. The average Bonchev–Trinajstić information content (AvgIpc) is 2.52. The topological polar surface area (TPSA) is 12.9 Å². The lowest BCUT2D eigenvalue weighted by atomic mass is 10.1. The van der Waals surface area contributed by atoms with Crippen LogP contribution >= 0.6 is 0 Å². The van der Waals surface area contributed by atoms with Crippen molar-refractivity contribution in [1.29, 1.82) is 0 Å².